The third-order valence-electron chi connectivity index (χ3n) is 5.27. The molecule has 35 heavy (non-hydrogen) atoms. The van der Waals surface area contributed by atoms with Crippen LogP contribution < -0.4 is 16.0 Å². The zero-order valence-electron chi connectivity index (χ0n) is 19.0. The number of rotatable bonds is 8. The van der Waals surface area contributed by atoms with E-state index >= 15 is 0 Å². The van der Waals surface area contributed by atoms with E-state index in [4.69, 9.17) is 10.5 Å². The number of nitrogen functional groups attached to an aromatic ring is 1. The lowest BCUT2D eigenvalue weighted by Gasteiger charge is -2.24. The molecule has 176 valence electrons. The fraction of sp³-hybridized carbons (Fsp3) is 0.111. The third-order valence-corrected chi connectivity index (χ3v) is 5.27. The van der Waals surface area contributed by atoms with Crippen molar-refractivity contribution >= 4 is 23.4 Å². The van der Waals surface area contributed by atoms with E-state index in [-0.39, 0.29) is 19.1 Å². The first kappa shape index (κ1) is 23.4. The van der Waals surface area contributed by atoms with Gasteiger partial charge in [0.1, 0.15) is 6.61 Å². The summed E-state index contributed by atoms with van der Waals surface area (Å²) in [6.45, 7) is 0.737. The van der Waals surface area contributed by atoms with Crippen LogP contribution in [0.25, 0.3) is 0 Å². The van der Waals surface area contributed by atoms with Crippen molar-refractivity contribution in [3.05, 3.63) is 120 Å². The number of hydrogen-bond donors (Lipinski definition) is 2. The molecule has 0 bridgehead atoms. The summed E-state index contributed by atoms with van der Waals surface area (Å²) in [6, 6.07) is 21.7. The van der Waals surface area contributed by atoms with Gasteiger partial charge in [-0.15, -0.1) is 0 Å². The van der Waals surface area contributed by atoms with E-state index in [0.29, 0.717) is 23.5 Å². The minimum Gasteiger partial charge on any atom is -0.445 e. The molecule has 8 nitrogen and oxygen atoms in total. The Morgan fingerprint density at radius 3 is 2.17 bits per heavy atom. The second-order valence-electron chi connectivity index (χ2n) is 7.80. The molecule has 0 radical (unpaired) electrons. The van der Waals surface area contributed by atoms with Crippen LogP contribution in [0.4, 0.5) is 16.2 Å². The summed E-state index contributed by atoms with van der Waals surface area (Å²) >= 11 is 0. The van der Waals surface area contributed by atoms with Crippen LogP contribution in [0.5, 0.6) is 0 Å². The standard InChI is InChI=1S/C27H25N5O3/c28-24-7-1-2-8-25(24)32(18-21-5-3-13-29-15-21)26(33)23-11-9-20(10-12-23)17-31-27(34)35-19-22-6-4-14-30-16-22/h1-16H,17-19,28H2,(H,31,34). The van der Waals surface area contributed by atoms with Gasteiger partial charge in [0.05, 0.1) is 17.9 Å². The Morgan fingerprint density at radius 2 is 1.51 bits per heavy atom. The van der Waals surface area contributed by atoms with Gasteiger partial charge in [-0.25, -0.2) is 4.79 Å². The van der Waals surface area contributed by atoms with Crippen molar-refractivity contribution in [3.63, 3.8) is 0 Å². The van der Waals surface area contributed by atoms with E-state index in [1.165, 1.54) is 0 Å². The van der Waals surface area contributed by atoms with E-state index in [9.17, 15) is 9.59 Å². The maximum Gasteiger partial charge on any atom is 0.407 e. The average molecular weight is 468 g/mol. The number of anilines is 2. The van der Waals surface area contributed by atoms with Crippen LogP contribution in [0.15, 0.2) is 97.6 Å². The van der Waals surface area contributed by atoms with Crippen LogP contribution in [0.2, 0.25) is 0 Å². The minimum atomic E-state index is -0.531. The molecule has 0 unspecified atom stereocenters. The summed E-state index contributed by atoms with van der Waals surface area (Å²) in [7, 11) is 0. The predicted octanol–water partition coefficient (Wildman–Crippen LogP) is 4.33. The van der Waals surface area contributed by atoms with Gasteiger partial charge in [-0.3, -0.25) is 14.8 Å². The van der Waals surface area contributed by atoms with Gasteiger partial charge in [0, 0.05) is 42.5 Å². The zero-order valence-corrected chi connectivity index (χ0v) is 19.0. The highest BCUT2D eigenvalue weighted by Gasteiger charge is 2.20. The molecule has 0 spiro atoms. The van der Waals surface area contributed by atoms with Crippen molar-refractivity contribution in [1.29, 1.82) is 0 Å². The molecule has 2 amide bonds. The lowest BCUT2D eigenvalue weighted by Crippen LogP contribution is -2.31. The molecule has 4 aromatic rings. The molecule has 0 fully saturated rings. The molecule has 2 aromatic carbocycles. The van der Waals surface area contributed by atoms with Gasteiger partial charge in [0.25, 0.3) is 5.91 Å². The number of para-hydroxylation sites is 2. The number of benzene rings is 2. The largest absolute Gasteiger partial charge is 0.445 e. The van der Waals surface area contributed by atoms with Gasteiger partial charge in [-0.05, 0) is 47.5 Å². The van der Waals surface area contributed by atoms with Gasteiger partial charge in [0.2, 0.25) is 0 Å². The molecule has 0 saturated carbocycles. The number of aromatic nitrogens is 2. The van der Waals surface area contributed by atoms with Crippen LogP contribution in [-0.4, -0.2) is 22.0 Å². The normalized spacial score (nSPS) is 10.4. The van der Waals surface area contributed by atoms with Crippen LogP contribution in [-0.2, 0) is 24.4 Å². The molecule has 2 aromatic heterocycles. The number of nitrogens with one attached hydrogen (secondary N) is 1. The van der Waals surface area contributed by atoms with E-state index in [2.05, 4.69) is 15.3 Å². The number of nitrogens with zero attached hydrogens (tertiary/aromatic N) is 3. The third kappa shape index (κ3) is 6.42. The molecule has 0 aliphatic carbocycles. The van der Waals surface area contributed by atoms with Gasteiger partial charge in [-0.2, -0.15) is 0 Å². The monoisotopic (exact) mass is 467 g/mol. The number of ether oxygens (including phenoxy) is 1. The fourth-order valence-corrected chi connectivity index (χ4v) is 3.45. The van der Waals surface area contributed by atoms with Gasteiger partial charge >= 0.3 is 6.09 Å². The van der Waals surface area contributed by atoms with Crippen molar-refractivity contribution in [2.75, 3.05) is 10.6 Å². The highest BCUT2D eigenvalue weighted by atomic mass is 16.5. The minimum absolute atomic E-state index is 0.141. The fourth-order valence-electron chi connectivity index (χ4n) is 3.45. The van der Waals surface area contributed by atoms with Crippen LogP contribution in [0, 0.1) is 0 Å². The van der Waals surface area contributed by atoms with Crippen molar-refractivity contribution in [2.24, 2.45) is 0 Å². The molecular weight excluding hydrogens is 442 g/mol. The number of hydrogen-bond acceptors (Lipinski definition) is 6. The Hall–Kier alpha value is -4.72. The van der Waals surface area contributed by atoms with Crippen LogP contribution in [0.3, 0.4) is 0 Å². The van der Waals surface area contributed by atoms with Crippen molar-refractivity contribution in [1.82, 2.24) is 15.3 Å². The highest BCUT2D eigenvalue weighted by molar-refractivity contribution is 6.07. The first-order chi connectivity index (χ1) is 17.1. The molecule has 0 aliphatic heterocycles. The molecule has 2 heterocycles. The number of pyridine rings is 2. The lowest BCUT2D eigenvalue weighted by atomic mass is 10.1. The summed E-state index contributed by atoms with van der Waals surface area (Å²) in [5.74, 6) is -0.192. The summed E-state index contributed by atoms with van der Waals surface area (Å²) < 4.78 is 5.19. The van der Waals surface area contributed by atoms with Gasteiger partial charge < -0.3 is 20.7 Å². The SMILES string of the molecule is Nc1ccccc1N(Cc1cccnc1)C(=O)c1ccc(CNC(=O)OCc2cccnc2)cc1. The molecule has 3 N–H and O–H groups in total. The number of amides is 2. The second kappa shape index (κ2) is 11.4. The Kier molecular flexibility index (Phi) is 7.65. The number of nitrogens with two attached hydrogens (primary N) is 1. The molecule has 0 aliphatic rings. The van der Waals surface area contributed by atoms with Gasteiger partial charge in [0.15, 0.2) is 0 Å². The van der Waals surface area contributed by atoms with Crippen LogP contribution in [0.1, 0.15) is 27.0 Å². The van der Waals surface area contributed by atoms with E-state index in [0.717, 1.165) is 16.7 Å². The Labute approximate surface area is 203 Å². The Morgan fingerprint density at radius 1 is 0.829 bits per heavy atom. The quantitative estimate of drug-likeness (QED) is 0.373. The first-order valence-electron chi connectivity index (χ1n) is 11.0. The maximum absolute atomic E-state index is 13.5. The van der Waals surface area contributed by atoms with Crippen molar-refractivity contribution < 1.29 is 14.3 Å². The summed E-state index contributed by atoms with van der Waals surface area (Å²) in [4.78, 5) is 35.2. The number of carbonyl (C=O) groups is 2. The highest BCUT2D eigenvalue weighted by Crippen LogP contribution is 2.26. The summed E-state index contributed by atoms with van der Waals surface area (Å²) in [5.41, 5.74) is 10.3. The molecule has 0 atom stereocenters. The summed E-state index contributed by atoms with van der Waals surface area (Å²) in [5, 5.41) is 2.71. The molecule has 4 rings (SSSR count). The summed E-state index contributed by atoms with van der Waals surface area (Å²) in [6.07, 6.45) is 6.18. The maximum atomic E-state index is 13.5. The molecular formula is C27H25N5O3. The van der Waals surface area contributed by atoms with E-state index in [1.54, 1.807) is 66.1 Å². The smallest absolute Gasteiger partial charge is 0.407 e. The van der Waals surface area contributed by atoms with E-state index in [1.807, 2.05) is 36.4 Å². The van der Waals surface area contributed by atoms with Crippen LogP contribution >= 0.6 is 0 Å². The van der Waals surface area contributed by atoms with Crippen molar-refractivity contribution in [3.8, 4) is 0 Å². The Balaban J connectivity index is 1.41. The molecule has 0 saturated heterocycles. The number of carbonyl (C=O) groups excluding carboxylic acids is 2. The Bertz CT molecular complexity index is 1270. The first-order valence-corrected chi connectivity index (χ1v) is 11.0. The van der Waals surface area contributed by atoms with Crippen molar-refractivity contribution in [2.45, 2.75) is 19.7 Å². The number of alkyl carbamates (subject to hydrolysis) is 1. The predicted molar refractivity (Wildman–Crippen MR) is 133 cm³/mol. The second-order valence-corrected chi connectivity index (χ2v) is 7.80. The van der Waals surface area contributed by atoms with Gasteiger partial charge in [-0.1, -0.05) is 36.4 Å². The topological polar surface area (TPSA) is 110 Å². The average Bonchev–Trinajstić information content (AvgIpc) is 2.91. The molecule has 8 heteroatoms. The lowest BCUT2D eigenvalue weighted by molar-refractivity contribution is 0.0985. The van der Waals surface area contributed by atoms with E-state index < -0.39 is 6.09 Å². The zero-order chi connectivity index (χ0) is 24.5.